The molecule has 0 unspecified atom stereocenters. The Bertz CT molecular complexity index is 299. The smallest absolute Gasteiger partial charge is 0.357 e. The van der Waals surface area contributed by atoms with Gasteiger partial charge < -0.3 is 10.2 Å². The fourth-order valence-corrected chi connectivity index (χ4v) is 2.01. The van der Waals surface area contributed by atoms with Gasteiger partial charge in [0, 0.05) is 19.6 Å². The lowest BCUT2D eigenvalue weighted by Crippen LogP contribution is -2.49. The first-order chi connectivity index (χ1) is 8.49. The van der Waals surface area contributed by atoms with Crippen molar-refractivity contribution in [2.24, 2.45) is 10.9 Å². The quantitative estimate of drug-likeness (QED) is 0.481. The third kappa shape index (κ3) is 4.23. The van der Waals surface area contributed by atoms with Crippen molar-refractivity contribution in [2.45, 2.75) is 25.9 Å². The van der Waals surface area contributed by atoms with Gasteiger partial charge in [0.1, 0.15) is 0 Å². The molecule has 0 aromatic rings. The number of nitrogens with zero attached hydrogens (tertiary/aromatic N) is 2. The second-order valence-corrected chi connectivity index (χ2v) is 4.31. The number of piperidine rings is 1. The summed E-state index contributed by atoms with van der Waals surface area (Å²) in [6.07, 6.45) is -1.74. The Morgan fingerprint density at radius 2 is 2.28 bits per heavy atom. The van der Waals surface area contributed by atoms with Crippen LogP contribution in [0.4, 0.5) is 13.2 Å². The zero-order chi connectivity index (χ0) is 13.6. The first-order valence-corrected chi connectivity index (χ1v) is 6.20. The van der Waals surface area contributed by atoms with Gasteiger partial charge >= 0.3 is 6.18 Å². The molecule has 1 atom stereocenters. The summed E-state index contributed by atoms with van der Waals surface area (Å²) in [4.78, 5) is 5.91. The molecule has 1 N–H and O–H groups in total. The maximum atomic E-state index is 12.7. The molecule has 104 valence electrons. The summed E-state index contributed by atoms with van der Waals surface area (Å²) in [5.41, 5.74) is 0. The Kier molecular flexibility index (Phi) is 5.50. The molecule has 0 bridgehead atoms. The normalized spacial score (nSPS) is 21.9. The van der Waals surface area contributed by atoms with Gasteiger partial charge in [-0.05, 0) is 19.8 Å². The molecule has 0 aromatic carbocycles. The number of halogens is 3. The number of nitrogens with one attached hydrogen (secondary N) is 1. The standard InChI is InChI=1S/C12H20F3N3/c1-3-7-17-11(16-4-2)18-8-5-6-10(9-18)12(13,14)15/h3,10H,1,4-9H2,2H3,(H,16,17)/t10-/m1/s1. The first kappa shape index (κ1) is 14.9. The summed E-state index contributed by atoms with van der Waals surface area (Å²) in [6, 6.07) is 0. The van der Waals surface area contributed by atoms with E-state index >= 15 is 0 Å². The predicted molar refractivity (Wildman–Crippen MR) is 66.5 cm³/mol. The van der Waals surface area contributed by atoms with Crippen LogP contribution in [0.15, 0.2) is 17.6 Å². The Balaban J connectivity index is 2.70. The molecule has 1 rings (SSSR count). The van der Waals surface area contributed by atoms with Gasteiger partial charge in [0.25, 0.3) is 0 Å². The third-order valence-corrected chi connectivity index (χ3v) is 2.89. The average Bonchev–Trinajstić information content (AvgIpc) is 2.33. The van der Waals surface area contributed by atoms with Crippen molar-refractivity contribution in [1.29, 1.82) is 0 Å². The van der Waals surface area contributed by atoms with Crippen LogP contribution in [0.2, 0.25) is 0 Å². The second-order valence-electron chi connectivity index (χ2n) is 4.31. The molecule has 0 aromatic heterocycles. The van der Waals surface area contributed by atoms with E-state index in [1.54, 1.807) is 11.0 Å². The van der Waals surface area contributed by atoms with Gasteiger partial charge in [0.15, 0.2) is 5.96 Å². The van der Waals surface area contributed by atoms with Gasteiger partial charge in [-0.1, -0.05) is 6.08 Å². The van der Waals surface area contributed by atoms with Gasteiger partial charge in [-0.25, -0.2) is 4.99 Å². The summed E-state index contributed by atoms with van der Waals surface area (Å²) < 4.78 is 38.1. The zero-order valence-electron chi connectivity index (χ0n) is 10.6. The van der Waals surface area contributed by atoms with Gasteiger partial charge in [-0.3, -0.25) is 0 Å². The maximum absolute atomic E-state index is 12.7. The molecule has 0 saturated carbocycles. The zero-order valence-corrected chi connectivity index (χ0v) is 10.6. The molecular formula is C12H20F3N3. The third-order valence-electron chi connectivity index (χ3n) is 2.89. The molecule has 18 heavy (non-hydrogen) atoms. The van der Waals surface area contributed by atoms with E-state index in [9.17, 15) is 13.2 Å². The number of hydrogen-bond acceptors (Lipinski definition) is 1. The van der Waals surface area contributed by atoms with Gasteiger partial charge in [-0.15, -0.1) is 6.58 Å². The molecule has 1 heterocycles. The first-order valence-electron chi connectivity index (χ1n) is 6.20. The number of guanidine groups is 1. The summed E-state index contributed by atoms with van der Waals surface area (Å²) in [5.74, 6) is -0.704. The van der Waals surface area contributed by atoms with Crippen molar-refractivity contribution in [3.05, 3.63) is 12.7 Å². The molecule has 0 radical (unpaired) electrons. The van der Waals surface area contributed by atoms with Crippen LogP contribution in [-0.4, -0.2) is 43.2 Å². The minimum atomic E-state index is -4.12. The van der Waals surface area contributed by atoms with E-state index in [1.165, 1.54) is 0 Å². The van der Waals surface area contributed by atoms with E-state index in [4.69, 9.17) is 0 Å². The van der Waals surface area contributed by atoms with E-state index in [-0.39, 0.29) is 13.0 Å². The van der Waals surface area contributed by atoms with Crippen molar-refractivity contribution in [3.63, 3.8) is 0 Å². The molecule has 6 heteroatoms. The molecule has 0 aliphatic carbocycles. The minimum absolute atomic E-state index is 0.00746. The predicted octanol–water partition coefficient (Wildman–Crippen LogP) is 2.41. The Labute approximate surface area is 106 Å². The lowest BCUT2D eigenvalue weighted by Gasteiger charge is -2.35. The molecular weight excluding hydrogens is 243 g/mol. The minimum Gasteiger partial charge on any atom is -0.357 e. The monoisotopic (exact) mass is 263 g/mol. The Morgan fingerprint density at radius 3 is 2.83 bits per heavy atom. The highest BCUT2D eigenvalue weighted by molar-refractivity contribution is 5.80. The van der Waals surface area contributed by atoms with Gasteiger partial charge in [0.2, 0.25) is 0 Å². The fourth-order valence-electron chi connectivity index (χ4n) is 2.01. The number of alkyl halides is 3. The van der Waals surface area contributed by atoms with Crippen LogP contribution in [-0.2, 0) is 0 Å². The van der Waals surface area contributed by atoms with Crippen LogP contribution in [0.3, 0.4) is 0 Å². The van der Waals surface area contributed by atoms with Crippen LogP contribution in [0.5, 0.6) is 0 Å². The van der Waals surface area contributed by atoms with Crippen molar-refractivity contribution in [2.75, 3.05) is 26.2 Å². The Hall–Kier alpha value is -1.20. The lowest BCUT2D eigenvalue weighted by molar-refractivity contribution is -0.183. The van der Waals surface area contributed by atoms with Crippen molar-refractivity contribution in [1.82, 2.24) is 10.2 Å². The van der Waals surface area contributed by atoms with E-state index < -0.39 is 12.1 Å². The largest absolute Gasteiger partial charge is 0.393 e. The summed E-state index contributed by atoms with van der Waals surface area (Å²) in [7, 11) is 0. The van der Waals surface area contributed by atoms with E-state index in [1.807, 2.05) is 6.92 Å². The molecule has 1 aliphatic rings. The summed E-state index contributed by atoms with van der Waals surface area (Å²) in [5, 5.41) is 3.02. The number of hydrogen-bond donors (Lipinski definition) is 1. The molecule has 1 aliphatic heterocycles. The molecule has 0 spiro atoms. The average molecular weight is 263 g/mol. The van der Waals surface area contributed by atoms with Crippen LogP contribution < -0.4 is 5.32 Å². The molecule has 1 saturated heterocycles. The number of rotatable bonds is 3. The van der Waals surface area contributed by atoms with Crippen molar-refractivity contribution in [3.8, 4) is 0 Å². The number of aliphatic imine (C=N–C) groups is 1. The number of likely N-dealkylation sites (tertiary alicyclic amines) is 1. The second kappa shape index (κ2) is 6.66. The maximum Gasteiger partial charge on any atom is 0.393 e. The van der Waals surface area contributed by atoms with E-state index in [0.717, 1.165) is 0 Å². The molecule has 1 fully saturated rings. The summed E-state index contributed by atoms with van der Waals surface area (Å²) in [6.45, 7) is 7.12. The highest BCUT2D eigenvalue weighted by atomic mass is 19.4. The highest BCUT2D eigenvalue weighted by Crippen LogP contribution is 2.33. The molecule has 3 nitrogen and oxygen atoms in total. The van der Waals surface area contributed by atoms with Crippen LogP contribution in [0.25, 0.3) is 0 Å². The Morgan fingerprint density at radius 1 is 1.56 bits per heavy atom. The van der Waals surface area contributed by atoms with Crippen molar-refractivity contribution >= 4 is 5.96 Å². The summed E-state index contributed by atoms with van der Waals surface area (Å²) >= 11 is 0. The fraction of sp³-hybridized carbons (Fsp3) is 0.750. The highest BCUT2D eigenvalue weighted by Gasteiger charge is 2.42. The van der Waals surface area contributed by atoms with E-state index in [0.29, 0.717) is 32.0 Å². The lowest BCUT2D eigenvalue weighted by atomic mass is 9.98. The topological polar surface area (TPSA) is 27.6 Å². The van der Waals surface area contributed by atoms with Crippen LogP contribution >= 0.6 is 0 Å². The van der Waals surface area contributed by atoms with Gasteiger partial charge in [-0.2, -0.15) is 13.2 Å². The SMILES string of the molecule is C=CCN=C(NCC)N1CCC[C@@H](C(F)(F)F)C1. The van der Waals surface area contributed by atoms with Crippen LogP contribution in [0, 0.1) is 5.92 Å². The van der Waals surface area contributed by atoms with E-state index in [2.05, 4.69) is 16.9 Å². The van der Waals surface area contributed by atoms with Crippen LogP contribution in [0.1, 0.15) is 19.8 Å². The van der Waals surface area contributed by atoms with Gasteiger partial charge in [0.05, 0.1) is 12.5 Å². The van der Waals surface area contributed by atoms with Crippen molar-refractivity contribution < 1.29 is 13.2 Å². The molecule has 0 amide bonds.